The SMILES string of the molecule is CCC1Nc2cc3c(cc2N(Cc2ccccc2C)C1=O)OCO3. The van der Waals surface area contributed by atoms with Crippen LogP contribution >= 0.6 is 0 Å². The quantitative estimate of drug-likeness (QED) is 0.939. The van der Waals surface area contributed by atoms with Crippen molar-refractivity contribution in [3.63, 3.8) is 0 Å². The molecule has 0 radical (unpaired) electrons. The van der Waals surface area contributed by atoms with E-state index < -0.39 is 0 Å². The first-order valence-electron chi connectivity index (χ1n) is 8.23. The Balaban J connectivity index is 1.77. The summed E-state index contributed by atoms with van der Waals surface area (Å²) in [5.74, 6) is 1.50. The summed E-state index contributed by atoms with van der Waals surface area (Å²) in [6.07, 6.45) is 0.733. The highest BCUT2D eigenvalue weighted by molar-refractivity contribution is 6.05. The molecule has 5 heteroatoms. The molecule has 1 atom stereocenters. The van der Waals surface area contributed by atoms with Crippen molar-refractivity contribution < 1.29 is 14.3 Å². The molecule has 0 aromatic heterocycles. The highest BCUT2D eigenvalue weighted by Crippen LogP contribution is 2.44. The first kappa shape index (κ1) is 14.9. The van der Waals surface area contributed by atoms with E-state index in [0.717, 1.165) is 29.1 Å². The van der Waals surface area contributed by atoms with Gasteiger partial charge in [-0.1, -0.05) is 31.2 Å². The molecule has 1 unspecified atom stereocenters. The lowest BCUT2D eigenvalue weighted by Gasteiger charge is -2.35. The fourth-order valence-electron chi connectivity index (χ4n) is 3.22. The second kappa shape index (κ2) is 5.74. The van der Waals surface area contributed by atoms with Gasteiger partial charge in [0, 0.05) is 12.1 Å². The lowest BCUT2D eigenvalue weighted by molar-refractivity contribution is -0.119. The van der Waals surface area contributed by atoms with Crippen LogP contribution in [0.4, 0.5) is 11.4 Å². The van der Waals surface area contributed by atoms with Crippen LogP contribution in [0, 0.1) is 6.92 Å². The minimum atomic E-state index is -0.220. The Bertz CT molecular complexity index is 803. The normalized spacial score (nSPS) is 18.3. The van der Waals surface area contributed by atoms with Crippen LogP contribution in [0.3, 0.4) is 0 Å². The molecule has 4 rings (SSSR count). The van der Waals surface area contributed by atoms with E-state index in [1.165, 1.54) is 5.56 Å². The number of benzene rings is 2. The van der Waals surface area contributed by atoms with Crippen molar-refractivity contribution in [3.8, 4) is 11.5 Å². The third kappa shape index (κ3) is 2.37. The zero-order valence-electron chi connectivity index (χ0n) is 13.8. The zero-order chi connectivity index (χ0) is 16.7. The molecular formula is C19H20N2O3. The molecule has 5 nitrogen and oxygen atoms in total. The monoisotopic (exact) mass is 324 g/mol. The Kier molecular flexibility index (Phi) is 3.56. The molecule has 1 N–H and O–H groups in total. The average Bonchev–Trinajstić information content (AvgIpc) is 3.04. The maximum absolute atomic E-state index is 12.9. The van der Waals surface area contributed by atoms with Crippen LogP contribution in [-0.4, -0.2) is 18.7 Å². The van der Waals surface area contributed by atoms with Gasteiger partial charge in [0.05, 0.1) is 17.9 Å². The Morgan fingerprint density at radius 2 is 1.96 bits per heavy atom. The van der Waals surface area contributed by atoms with Gasteiger partial charge in [-0.3, -0.25) is 4.79 Å². The van der Waals surface area contributed by atoms with Crippen molar-refractivity contribution in [2.75, 3.05) is 17.0 Å². The van der Waals surface area contributed by atoms with E-state index in [-0.39, 0.29) is 18.7 Å². The number of rotatable bonds is 3. The molecule has 2 aromatic carbocycles. The Hall–Kier alpha value is -2.69. The third-order valence-electron chi connectivity index (χ3n) is 4.67. The topological polar surface area (TPSA) is 50.8 Å². The first-order chi connectivity index (χ1) is 11.7. The molecule has 24 heavy (non-hydrogen) atoms. The lowest BCUT2D eigenvalue weighted by Crippen LogP contribution is -2.46. The van der Waals surface area contributed by atoms with Crippen LogP contribution in [0.15, 0.2) is 36.4 Å². The van der Waals surface area contributed by atoms with E-state index in [1.807, 2.05) is 36.1 Å². The highest BCUT2D eigenvalue weighted by atomic mass is 16.7. The number of fused-ring (bicyclic) bond motifs is 2. The molecule has 2 aliphatic heterocycles. The Morgan fingerprint density at radius 3 is 2.71 bits per heavy atom. The second-order valence-corrected chi connectivity index (χ2v) is 6.18. The van der Waals surface area contributed by atoms with Gasteiger partial charge in [-0.05, 0) is 24.5 Å². The molecule has 0 spiro atoms. The average molecular weight is 324 g/mol. The van der Waals surface area contributed by atoms with Crippen LogP contribution in [0.1, 0.15) is 24.5 Å². The predicted molar refractivity (Wildman–Crippen MR) is 92.6 cm³/mol. The van der Waals surface area contributed by atoms with Crippen molar-refractivity contribution in [2.45, 2.75) is 32.9 Å². The van der Waals surface area contributed by atoms with E-state index in [4.69, 9.17) is 9.47 Å². The molecule has 2 heterocycles. The number of aryl methyl sites for hydroxylation is 1. The minimum Gasteiger partial charge on any atom is -0.454 e. The van der Waals surface area contributed by atoms with Gasteiger partial charge in [-0.2, -0.15) is 0 Å². The van der Waals surface area contributed by atoms with Gasteiger partial charge in [-0.15, -0.1) is 0 Å². The van der Waals surface area contributed by atoms with Gasteiger partial charge in [0.25, 0.3) is 0 Å². The predicted octanol–water partition coefficient (Wildman–Crippen LogP) is 3.46. The van der Waals surface area contributed by atoms with E-state index in [1.54, 1.807) is 0 Å². The molecule has 1 amide bonds. The molecule has 0 bridgehead atoms. The molecule has 0 fully saturated rings. The summed E-state index contributed by atoms with van der Waals surface area (Å²) in [6, 6.07) is 11.8. The van der Waals surface area contributed by atoms with Gasteiger partial charge in [0.1, 0.15) is 6.04 Å². The number of hydrogen-bond acceptors (Lipinski definition) is 4. The number of amides is 1. The van der Waals surface area contributed by atoms with E-state index in [2.05, 4.69) is 24.4 Å². The number of carbonyl (C=O) groups is 1. The number of ether oxygens (including phenoxy) is 2. The van der Waals surface area contributed by atoms with Crippen LogP contribution in [0.25, 0.3) is 0 Å². The summed E-state index contributed by atoms with van der Waals surface area (Å²) in [4.78, 5) is 14.8. The van der Waals surface area contributed by atoms with E-state index in [9.17, 15) is 4.79 Å². The summed E-state index contributed by atoms with van der Waals surface area (Å²) in [7, 11) is 0. The maximum Gasteiger partial charge on any atom is 0.249 e. The summed E-state index contributed by atoms with van der Waals surface area (Å²) >= 11 is 0. The van der Waals surface area contributed by atoms with Crippen molar-refractivity contribution in [3.05, 3.63) is 47.5 Å². The first-order valence-corrected chi connectivity index (χ1v) is 8.23. The van der Waals surface area contributed by atoms with Gasteiger partial charge in [0.15, 0.2) is 11.5 Å². The van der Waals surface area contributed by atoms with Crippen molar-refractivity contribution in [1.29, 1.82) is 0 Å². The summed E-state index contributed by atoms with van der Waals surface area (Å²) in [5, 5.41) is 3.33. The number of nitrogens with one attached hydrogen (secondary N) is 1. The Morgan fingerprint density at radius 1 is 1.21 bits per heavy atom. The second-order valence-electron chi connectivity index (χ2n) is 6.18. The zero-order valence-corrected chi connectivity index (χ0v) is 13.8. The van der Waals surface area contributed by atoms with Gasteiger partial charge in [-0.25, -0.2) is 0 Å². The molecule has 124 valence electrons. The summed E-state index contributed by atoms with van der Waals surface area (Å²) < 4.78 is 11.0. The van der Waals surface area contributed by atoms with Crippen LogP contribution in [0.2, 0.25) is 0 Å². The maximum atomic E-state index is 12.9. The molecule has 2 aromatic rings. The van der Waals surface area contributed by atoms with Gasteiger partial charge >= 0.3 is 0 Å². The number of hydrogen-bond donors (Lipinski definition) is 1. The van der Waals surface area contributed by atoms with Crippen LogP contribution in [-0.2, 0) is 11.3 Å². The van der Waals surface area contributed by atoms with Crippen molar-refractivity contribution in [2.24, 2.45) is 0 Å². The minimum absolute atomic E-state index is 0.0899. The number of anilines is 2. The summed E-state index contributed by atoms with van der Waals surface area (Å²) in [5.41, 5.74) is 4.09. The van der Waals surface area contributed by atoms with Gasteiger partial charge < -0.3 is 19.7 Å². The fraction of sp³-hybridized carbons (Fsp3) is 0.316. The van der Waals surface area contributed by atoms with Crippen LogP contribution in [0.5, 0.6) is 11.5 Å². The molecule has 2 aliphatic rings. The van der Waals surface area contributed by atoms with Crippen molar-refractivity contribution in [1.82, 2.24) is 0 Å². The third-order valence-corrected chi connectivity index (χ3v) is 4.67. The van der Waals surface area contributed by atoms with Crippen LogP contribution < -0.4 is 19.7 Å². The number of carbonyl (C=O) groups excluding carboxylic acids is 1. The molecule has 0 aliphatic carbocycles. The largest absolute Gasteiger partial charge is 0.454 e. The highest BCUT2D eigenvalue weighted by Gasteiger charge is 2.33. The smallest absolute Gasteiger partial charge is 0.249 e. The van der Waals surface area contributed by atoms with Gasteiger partial charge in [0.2, 0.25) is 12.7 Å². The fourth-order valence-corrected chi connectivity index (χ4v) is 3.22. The summed E-state index contributed by atoms with van der Waals surface area (Å²) in [6.45, 7) is 4.86. The Labute approximate surface area is 141 Å². The molecular weight excluding hydrogens is 304 g/mol. The molecule has 0 saturated carbocycles. The standard InChI is InChI=1S/C19H20N2O3/c1-3-14-19(22)21(10-13-7-5-4-6-12(13)2)16-9-18-17(23-11-24-18)8-15(16)20-14/h4-9,14,20H,3,10-11H2,1-2H3. The number of nitrogens with zero attached hydrogens (tertiary/aromatic N) is 1. The van der Waals surface area contributed by atoms with E-state index in [0.29, 0.717) is 12.3 Å². The van der Waals surface area contributed by atoms with Crippen molar-refractivity contribution >= 4 is 17.3 Å². The van der Waals surface area contributed by atoms with E-state index >= 15 is 0 Å². The molecule has 0 saturated heterocycles. The lowest BCUT2D eigenvalue weighted by atomic mass is 10.0.